The van der Waals surface area contributed by atoms with Crippen molar-refractivity contribution >= 4 is 27.5 Å². The van der Waals surface area contributed by atoms with Crippen molar-refractivity contribution in [1.29, 1.82) is 0 Å². The first-order valence-electron chi connectivity index (χ1n) is 6.74. The molecule has 1 amide bonds. The number of hydrazone groups is 1. The predicted molar refractivity (Wildman–Crippen MR) is 85.8 cm³/mol. The maximum Gasteiger partial charge on any atom is 0.240 e. The normalized spacial score (nSPS) is 17.7. The standard InChI is InChI=1S/C17H14BrN2O/c1-12(21)20-17(13-6-3-2-4-7-13)11-16(19-20)14-8-5-9-15(18)10-14/h2-3,5-10,17H,11H2,1H3. The van der Waals surface area contributed by atoms with Gasteiger partial charge in [-0.2, -0.15) is 5.10 Å². The average molecular weight is 342 g/mol. The zero-order valence-electron chi connectivity index (χ0n) is 11.6. The summed E-state index contributed by atoms with van der Waals surface area (Å²) in [5.41, 5.74) is 3.03. The highest BCUT2D eigenvalue weighted by molar-refractivity contribution is 9.10. The second-order valence-electron chi connectivity index (χ2n) is 4.98. The quantitative estimate of drug-likeness (QED) is 0.813. The van der Waals surface area contributed by atoms with Crippen LogP contribution in [0.2, 0.25) is 0 Å². The lowest BCUT2D eigenvalue weighted by atomic mass is 9.98. The Morgan fingerprint density at radius 1 is 1.38 bits per heavy atom. The number of hydrogen-bond acceptors (Lipinski definition) is 2. The topological polar surface area (TPSA) is 32.7 Å². The SMILES string of the molecule is CC(=O)N1N=C(c2cccc(Br)c2)CC1c1c[c]ccc1. The van der Waals surface area contributed by atoms with E-state index < -0.39 is 0 Å². The van der Waals surface area contributed by atoms with Crippen molar-refractivity contribution in [3.63, 3.8) is 0 Å². The third-order valence-electron chi connectivity index (χ3n) is 3.51. The highest BCUT2D eigenvalue weighted by Crippen LogP contribution is 2.32. The fraction of sp³-hybridized carbons (Fsp3) is 0.176. The molecule has 4 heteroatoms. The molecule has 0 saturated carbocycles. The summed E-state index contributed by atoms with van der Waals surface area (Å²) in [6, 6.07) is 18.7. The maximum atomic E-state index is 11.9. The van der Waals surface area contributed by atoms with E-state index in [1.807, 2.05) is 48.5 Å². The minimum Gasteiger partial charge on any atom is -0.273 e. The number of carbonyl (C=O) groups is 1. The van der Waals surface area contributed by atoms with Gasteiger partial charge >= 0.3 is 0 Å². The third-order valence-corrected chi connectivity index (χ3v) is 4.00. The lowest BCUT2D eigenvalue weighted by Crippen LogP contribution is -2.24. The van der Waals surface area contributed by atoms with Gasteiger partial charge in [-0.1, -0.05) is 46.3 Å². The number of benzene rings is 2. The summed E-state index contributed by atoms with van der Waals surface area (Å²) in [4.78, 5) is 11.9. The summed E-state index contributed by atoms with van der Waals surface area (Å²) in [6.45, 7) is 1.55. The van der Waals surface area contributed by atoms with E-state index in [0.717, 1.165) is 21.3 Å². The molecular formula is C17H14BrN2O. The second-order valence-corrected chi connectivity index (χ2v) is 5.89. The Labute approximate surface area is 132 Å². The van der Waals surface area contributed by atoms with Gasteiger partial charge in [0.2, 0.25) is 5.91 Å². The van der Waals surface area contributed by atoms with Crippen molar-refractivity contribution in [3.05, 3.63) is 70.2 Å². The van der Waals surface area contributed by atoms with Gasteiger partial charge in [-0.05, 0) is 35.4 Å². The summed E-state index contributed by atoms with van der Waals surface area (Å²) in [6.07, 6.45) is 0.716. The molecule has 0 fully saturated rings. The monoisotopic (exact) mass is 341 g/mol. The summed E-state index contributed by atoms with van der Waals surface area (Å²) in [7, 11) is 0. The number of amides is 1. The molecule has 21 heavy (non-hydrogen) atoms. The van der Waals surface area contributed by atoms with Crippen LogP contribution in [0.5, 0.6) is 0 Å². The highest BCUT2D eigenvalue weighted by atomic mass is 79.9. The van der Waals surface area contributed by atoms with E-state index in [1.54, 1.807) is 11.9 Å². The van der Waals surface area contributed by atoms with Crippen molar-refractivity contribution in [2.75, 3.05) is 0 Å². The second kappa shape index (κ2) is 5.82. The molecule has 2 aromatic rings. The molecule has 1 radical (unpaired) electrons. The Hall–Kier alpha value is -1.94. The first kappa shape index (κ1) is 14.0. The molecule has 0 saturated heterocycles. The van der Waals surface area contributed by atoms with Gasteiger partial charge in [0, 0.05) is 17.8 Å². The molecule has 2 aromatic carbocycles. The van der Waals surface area contributed by atoms with Gasteiger partial charge in [0.1, 0.15) is 0 Å². The zero-order chi connectivity index (χ0) is 14.8. The van der Waals surface area contributed by atoms with E-state index in [2.05, 4.69) is 27.1 Å². The predicted octanol–water partition coefficient (Wildman–Crippen LogP) is 3.95. The number of hydrogen-bond donors (Lipinski definition) is 0. The average Bonchev–Trinajstić information content (AvgIpc) is 2.93. The van der Waals surface area contributed by atoms with E-state index in [1.165, 1.54) is 0 Å². The summed E-state index contributed by atoms with van der Waals surface area (Å²) in [5, 5.41) is 6.09. The van der Waals surface area contributed by atoms with Gasteiger partial charge in [-0.3, -0.25) is 4.79 Å². The molecule has 3 rings (SSSR count). The van der Waals surface area contributed by atoms with Crippen LogP contribution in [0.25, 0.3) is 0 Å². The Kier molecular flexibility index (Phi) is 3.88. The van der Waals surface area contributed by atoms with Crippen molar-refractivity contribution in [1.82, 2.24) is 5.01 Å². The van der Waals surface area contributed by atoms with Crippen LogP contribution >= 0.6 is 15.9 Å². The minimum atomic E-state index is -0.0474. The smallest absolute Gasteiger partial charge is 0.240 e. The molecule has 3 nitrogen and oxygen atoms in total. The molecule has 0 bridgehead atoms. The fourth-order valence-corrected chi connectivity index (χ4v) is 2.92. The number of nitrogens with zero attached hydrogens (tertiary/aromatic N) is 2. The van der Waals surface area contributed by atoms with Crippen LogP contribution in [0.15, 0.2) is 58.1 Å². The van der Waals surface area contributed by atoms with Crippen molar-refractivity contribution in [2.45, 2.75) is 19.4 Å². The molecule has 1 unspecified atom stereocenters. The lowest BCUT2D eigenvalue weighted by Gasteiger charge is -2.20. The van der Waals surface area contributed by atoms with E-state index >= 15 is 0 Å². The molecule has 0 N–H and O–H groups in total. The molecule has 105 valence electrons. The lowest BCUT2D eigenvalue weighted by molar-refractivity contribution is -0.130. The van der Waals surface area contributed by atoms with Gasteiger partial charge < -0.3 is 0 Å². The Balaban J connectivity index is 1.95. The van der Waals surface area contributed by atoms with Crippen molar-refractivity contribution in [3.8, 4) is 0 Å². The summed E-state index contributed by atoms with van der Waals surface area (Å²) >= 11 is 3.47. The molecule has 1 aliphatic rings. The van der Waals surface area contributed by atoms with Crippen LogP contribution < -0.4 is 0 Å². The largest absolute Gasteiger partial charge is 0.273 e. The number of rotatable bonds is 2. The van der Waals surface area contributed by atoms with Crippen LogP contribution in [-0.4, -0.2) is 16.6 Å². The van der Waals surface area contributed by atoms with Crippen molar-refractivity contribution < 1.29 is 4.79 Å². The Bertz CT molecular complexity index is 697. The molecule has 0 aliphatic carbocycles. The first-order chi connectivity index (χ1) is 10.1. The van der Waals surface area contributed by atoms with E-state index in [0.29, 0.717) is 6.42 Å². The first-order valence-corrected chi connectivity index (χ1v) is 7.53. The van der Waals surface area contributed by atoms with Gasteiger partial charge in [0.15, 0.2) is 0 Å². The van der Waals surface area contributed by atoms with Gasteiger partial charge in [-0.15, -0.1) is 0 Å². The number of halogens is 1. The minimum absolute atomic E-state index is 0.0473. The van der Waals surface area contributed by atoms with Crippen molar-refractivity contribution in [2.24, 2.45) is 5.10 Å². The molecule has 1 heterocycles. The van der Waals surface area contributed by atoms with Crippen LogP contribution in [0.1, 0.15) is 30.5 Å². The zero-order valence-corrected chi connectivity index (χ0v) is 13.2. The van der Waals surface area contributed by atoms with Crippen LogP contribution in [0.3, 0.4) is 0 Å². The van der Waals surface area contributed by atoms with Crippen LogP contribution in [0.4, 0.5) is 0 Å². The van der Waals surface area contributed by atoms with Gasteiger partial charge in [0.05, 0.1) is 11.8 Å². The maximum absolute atomic E-state index is 11.9. The molecule has 1 atom stereocenters. The Morgan fingerprint density at radius 2 is 2.24 bits per heavy atom. The van der Waals surface area contributed by atoms with Gasteiger partial charge in [-0.25, -0.2) is 5.01 Å². The molecular weight excluding hydrogens is 328 g/mol. The molecule has 0 aromatic heterocycles. The summed E-state index contributed by atoms with van der Waals surface area (Å²) < 4.78 is 1.01. The number of carbonyl (C=O) groups excluding carboxylic acids is 1. The molecule has 1 aliphatic heterocycles. The Morgan fingerprint density at radius 3 is 2.90 bits per heavy atom. The van der Waals surface area contributed by atoms with E-state index in [9.17, 15) is 4.79 Å². The van der Waals surface area contributed by atoms with Crippen LogP contribution in [0, 0.1) is 6.07 Å². The highest BCUT2D eigenvalue weighted by Gasteiger charge is 2.31. The van der Waals surface area contributed by atoms with Crippen LogP contribution in [-0.2, 0) is 4.79 Å². The van der Waals surface area contributed by atoms with E-state index in [4.69, 9.17) is 0 Å². The summed E-state index contributed by atoms with van der Waals surface area (Å²) in [5.74, 6) is -0.0474. The molecule has 0 spiro atoms. The van der Waals surface area contributed by atoms with Gasteiger partial charge in [0.25, 0.3) is 0 Å². The fourth-order valence-electron chi connectivity index (χ4n) is 2.52. The third kappa shape index (κ3) is 2.90. The van der Waals surface area contributed by atoms with E-state index in [-0.39, 0.29) is 11.9 Å².